The molecule has 2 aromatic heterocycles. The lowest BCUT2D eigenvalue weighted by Crippen LogP contribution is -2.42. The number of carbonyl (C=O) groups is 1. The van der Waals surface area contributed by atoms with Gasteiger partial charge in [-0.05, 0) is 36.4 Å². The molecule has 5 rings (SSSR count). The Labute approximate surface area is 133 Å². The lowest BCUT2D eigenvalue weighted by atomic mass is 9.98. The molecule has 0 aliphatic carbocycles. The molecule has 5 nitrogen and oxygen atoms in total. The van der Waals surface area contributed by atoms with Gasteiger partial charge in [-0.15, -0.1) is 0 Å². The summed E-state index contributed by atoms with van der Waals surface area (Å²) in [4.78, 5) is 26.9. The van der Waals surface area contributed by atoms with Crippen molar-refractivity contribution < 1.29 is 4.79 Å². The van der Waals surface area contributed by atoms with Crippen LogP contribution < -0.4 is 0 Å². The van der Waals surface area contributed by atoms with Crippen molar-refractivity contribution in [1.29, 1.82) is 0 Å². The van der Waals surface area contributed by atoms with Gasteiger partial charge in [-0.1, -0.05) is 6.07 Å². The number of hydrogen-bond acceptors (Lipinski definition) is 3. The summed E-state index contributed by atoms with van der Waals surface area (Å²) in [6.07, 6.45) is 8.26. The van der Waals surface area contributed by atoms with Crippen molar-refractivity contribution in [1.82, 2.24) is 19.9 Å². The Morgan fingerprint density at radius 2 is 2.22 bits per heavy atom. The molecule has 2 bridgehead atoms. The minimum atomic E-state index is 0.114. The number of amides is 1. The molecular formula is C18H16N4O. The SMILES string of the molecule is O=C(c1ccc2cc[nH]c2c1)N1C2CCC1c1cncnc1C2. The van der Waals surface area contributed by atoms with Gasteiger partial charge >= 0.3 is 0 Å². The van der Waals surface area contributed by atoms with Gasteiger partial charge in [-0.25, -0.2) is 9.97 Å². The minimum absolute atomic E-state index is 0.114. The standard InChI is InChI=1S/C18H16N4O/c23-18(12-2-1-11-5-6-20-15(11)7-12)22-13-3-4-17(22)14-9-19-10-21-16(14)8-13/h1-2,5-7,9-10,13,17,20H,3-4,8H2. The van der Waals surface area contributed by atoms with E-state index in [1.807, 2.05) is 36.7 Å². The highest BCUT2D eigenvalue weighted by Gasteiger charge is 2.43. The Balaban J connectivity index is 1.55. The summed E-state index contributed by atoms with van der Waals surface area (Å²) in [5.41, 5.74) is 3.98. The first kappa shape index (κ1) is 12.8. The smallest absolute Gasteiger partial charge is 0.254 e. The van der Waals surface area contributed by atoms with Crippen molar-refractivity contribution in [2.45, 2.75) is 31.3 Å². The van der Waals surface area contributed by atoms with E-state index in [1.165, 1.54) is 0 Å². The molecule has 2 unspecified atom stereocenters. The van der Waals surface area contributed by atoms with Crippen LogP contribution in [0.5, 0.6) is 0 Å². The number of H-pyrrole nitrogens is 1. The first-order valence-corrected chi connectivity index (χ1v) is 8.00. The largest absolute Gasteiger partial charge is 0.361 e. The lowest BCUT2D eigenvalue weighted by molar-refractivity contribution is 0.0644. The third-order valence-corrected chi connectivity index (χ3v) is 5.15. The number of carbonyl (C=O) groups excluding carboxylic acids is 1. The van der Waals surface area contributed by atoms with Crippen LogP contribution in [0.2, 0.25) is 0 Å². The molecule has 5 heteroatoms. The second-order valence-electron chi connectivity index (χ2n) is 6.37. The van der Waals surface area contributed by atoms with Crippen molar-refractivity contribution in [3.8, 4) is 0 Å². The molecule has 0 saturated carbocycles. The third kappa shape index (κ3) is 1.82. The maximum atomic E-state index is 13.1. The van der Waals surface area contributed by atoms with Crippen molar-refractivity contribution in [2.24, 2.45) is 0 Å². The maximum Gasteiger partial charge on any atom is 0.254 e. The summed E-state index contributed by atoms with van der Waals surface area (Å²) in [7, 11) is 0. The highest BCUT2D eigenvalue weighted by atomic mass is 16.2. The molecule has 0 radical (unpaired) electrons. The Bertz CT molecular complexity index is 916. The fraction of sp³-hybridized carbons (Fsp3) is 0.278. The number of hydrogen-bond donors (Lipinski definition) is 1. The molecule has 4 heterocycles. The summed E-state index contributed by atoms with van der Waals surface area (Å²) in [5, 5.41) is 1.13. The van der Waals surface area contributed by atoms with Crippen molar-refractivity contribution in [3.63, 3.8) is 0 Å². The predicted molar refractivity (Wildman–Crippen MR) is 86.0 cm³/mol. The average Bonchev–Trinajstić information content (AvgIpc) is 3.17. The van der Waals surface area contributed by atoms with Crippen molar-refractivity contribution in [3.05, 3.63) is 59.8 Å². The van der Waals surface area contributed by atoms with Crippen molar-refractivity contribution >= 4 is 16.8 Å². The zero-order chi connectivity index (χ0) is 15.4. The normalized spacial score (nSPS) is 22.3. The van der Waals surface area contributed by atoms with Gasteiger partial charge in [-0.2, -0.15) is 0 Å². The van der Waals surface area contributed by atoms with Crippen LogP contribution in [-0.4, -0.2) is 31.8 Å². The molecule has 1 fully saturated rings. The fourth-order valence-corrected chi connectivity index (χ4v) is 4.06. The first-order valence-electron chi connectivity index (χ1n) is 8.00. The van der Waals surface area contributed by atoms with Crippen LogP contribution in [-0.2, 0) is 6.42 Å². The van der Waals surface area contributed by atoms with Crippen LogP contribution in [0.15, 0.2) is 43.0 Å². The zero-order valence-electron chi connectivity index (χ0n) is 12.6. The number of nitrogens with one attached hydrogen (secondary N) is 1. The molecule has 3 aromatic rings. The Morgan fingerprint density at radius 3 is 3.17 bits per heavy atom. The van der Waals surface area contributed by atoms with E-state index in [-0.39, 0.29) is 18.0 Å². The summed E-state index contributed by atoms with van der Waals surface area (Å²) < 4.78 is 0. The molecule has 1 amide bonds. The Morgan fingerprint density at radius 1 is 1.26 bits per heavy atom. The van der Waals surface area contributed by atoms with Crippen molar-refractivity contribution in [2.75, 3.05) is 0 Å². The van der Waals surface area contributed by atoms with E-state index in [0.29, 0.717) is 0 Å². The summed E-state index contributed by atoms with van der Waals surface area (Å²) in [6.45, 7) is 0. The van der Waals surface area contributed by atoms with Gasteiger partial charge in [0.25, 0.3) is 5.91 Å². The highest BCUT2D eigenvalue weighted by Crippen LogP contribution is 2.43. The summed E-state index contributed by atoms with van der Waals surface area (Å²) in [6, 6.07) is 8.28. The second kappa shape index (κ2) is 4.65. The van der Waals surface area contributed by atoms with E-state index in [9.17, 15) is 4.79 Å². The summed E-state index contributed by atoms with van der Waals surface area (Å²) in [5.74, 6) is 0.114. The van der Waals surface area contributed by atoms with Crippen LogP contribution in [0.1, 0.15) is 40.5 Å². The van der Waals surface area contributed by atoms with Gasteiger partial charge < -0.3 is 9.88 Å². The summed E-state index contributed by atoms with van der Waals surface area (Å²) >= 11 is 0. The molecular weight excluding hydrogens is 288 g/mol. The van der Waals surface area contributed by atoms with Crippen LogP contribution in [0.4, 0.5) is 0 Å². The van der Waals surface area contributed by atoms with Gasteiger partial charge in [0, 0.05) is 41.5 Å². The molecule has 2 aliphatic rings. The van der Waals surface area contributed by atoms with E-state index in [1.54, 1.807) is 6.33 Å². The van der Waals surface area contributed by atoms with E-state index in [4.69, 9.17) is 0 Å². The molecule has 1 N–H and O–H groups in total. The molecule has 1 saturated heterocycles. The second-order valence-corrected chi connectivity index (χ2v) is 6.37. The molecule has 2 aliphatic heterocycles. The van der Waals surface area contributed by atoms with E-state index in [2.05, 4.69) is 19.9 Å². The average molecular weight is 304 g/mol. The number of fused-ring (bicyclic) bond motifs is 5. The van der Waals surface area contributed by atoms with Gasteiger partial charge in [0.05, 0.1) is 11.7 Å². The lowest BCUT2D eigenvalue weighted by Gasteiger charge is -2.35. The topological polar surface area (TPSA) is 61.9 Å². The molecule has 0 spiro atoms. The van der Waals surface area contributed by atoms with Gasteiger partial charge in [-0.3, -0.25) is 4.79 Å². The van der Waals surface area contributed by atoms with Crippen LogP contribution in [0.3, 0.4) is 0 Å². The number of aromatic nitrogens is 3. The van der Waals surface area contributed by atoms with E-state index >= 15 is 0 Å². The zero-order valence-corrected chi connectivity index (χ0v) is 12.6. The molecule has 2 atom stereocenters. The number of nitrogens with zero attached hydrogens (tertiary/aromatic N) is 3. The van der Waals surface area contributed by atoms with Gasteiger partial charge in [0.15, 0.2) is 0 Å². The molecule has 114 valence electrons. The molecule has 1 aromatic carbocycles. The number of rotatable bonds is 1. The third-order valence-electron chi connectivity index (χ3n) is 5.15. The van der Waals surface area contributed by atoms with E-state index in [0.717, 1.165) is 47.0 Å². The number of benzene rings is 1. The van der Waals surface area contributed by atoms with Crippen LogP contribution in [0, 0.1) is 0 Å². The minimum Gasteiger partial charge on any atom is -0.361 e. The van der Waals surface area contributed by atoms with Crippen LogP contribution in [0.25, 0.3) is 10.9 Å². The fourth-order valence-electron chi connectivity index (χ4n) is 4.06. The Kier molecular flexibility index (Phi) is 2.59. The van der Waals surface area contributed by atoms with Gasteiger partial charge in [0.1, 0.15) is 6.33 Å². The molecule has 23 heavy (non-hydrogen) atoms. The number of aromatic amines is 1. The first-order chi connectivity index (χ1) is 11.3. The van der Waals surface area contributed by atoms with Crippen LogP contribution >= 0.6 is 0 Å². The Hall–Kier alpha value is -2.69. The monoisotopic (exact) mass is 304 g/mol. The quantitative estimate of drug-likeness (QED) is 0.752. The van der Waals surface area contributed by atoms with Gasteiger partial charge in [0.2, 0.25) is 0 Å². The predicted octanol–water partition coefficient (Wildman–Crippen LogP) is 2.86. The maximum absolute atomic E-state index is 13.1. The highest BCUT2D eigenvalue weighted by molar-refractivity contribution is 5.98. The van der Waals surface area contributed by atoms with E-state index < -0.39 is 0 Å².